The Kier molecular flexibility index (Phi) is 3.53. The van der Waals surface area contributed by atoms with Crippen molar-refractivity contribution in [3.63, 3.8) is 0 Å². The van der Waals surface area contributed by atoms with Crippen LogP contribution in [0.5, 0.6) is 5.75 Å². The van der Waals surface area contributed by atoms with Gasteiger partial charge in [-0.15, -0.1) is 0 Å². The molecule has 0 aliphatic carbocycles. The van der Waals surface area contributed by atoms with Gasteiger partial charge >= 0.3 is 0 Å². The summed E-state index contributed by atoms with van der Waals surface area (Å²) in [5.74, 6) is 0.715. The van der Waals surface area contributed by atoms with Gasteiger partial charge in [0, 0.05) is 24.2 Å². The van der Waals surface area contributed by atoms with Crippen molar-refractivity contribution >= 4 is 5.52 Å². The van der Waals surface area contributed by atoms with E-state index < -0.39 is 0 Å². The van der Waals surface area contributed by atoms with Crippen molar-refractivity contribution in [3.8, 4) is 5.75 Å². The fraction of sp³-hybridized carbons (Fsp3) is 0.267. The van der Waals surface area contributed by atoms with Crippen LogP contribution in [0.15, 0.2) is 43.2 Å². The lowest BCUT2D eigenvalue weighted by Crippen LogP contribution is -2.13. The standard InChI is InChI=1S/C15H17N5O/c1-10(2)21-12-5-11(6-18-7-12)15(16)13-8-19-20-4-3-17-9-14(13)20/h3-10,15H,16H2,1-2H3. The molecular formula is C15H17N5O. The van der Waals surface area contributed by atoms with E-state index in [0.29, 0.717) is 5.75 Å². The lowest BCUT2D eigenvalue weighted by molar-refractivity contribution is 0.241. The number of nitrogens with zero attached hydrogens (tertiary/aromatic N) is 4. The molecule has 0 saturated carbocycles. The summed E-state index contributed by atoms with van der Waals surface area (Å²) in [5.41, 5.74) is 9.03. The molecule has 0 fully saturated rings. The van der Waals surface area contributed by atoms with Crippen molar-refractivity contribution in [2.45, 2.75) is 26.0 Å². The fourth-order valence-corrected chi connectivity index (χ4v) is 2.21. The fourth-order valence-electron chi connectivity index (χ4n) is 2.21. The Balaban J connectivity index is 1.96. The van der Waals surface area contributed by atoms with E-state index in [1.165, 1.54) is 0 Å². The van der Waals surface area contributed by atoms with E-state index in [1.807, 2.05) is 19.9 Å². The highest BCUT2D eigenvalue weighted by Crippen LogP contribution is 2.25. The van der Waals surface area contributed by atoms with Crippen molar-refractivity contribution in [2.75, 3.05) is 0 Å². The molecule has 1 unspecified atom stereocenters. The molecule has 0 aliphatic rings. The Morgan fingerprint density at radius 1 is 1.14 bits per heavy atom. The van der Waals surface area contributed by atoms with Crippen LogP contribution in [0.25, 0.3) is 5.52 Å². The largest absolute Gasteiger partial charge is 0.489 e. The third kappa shape index (κ3) is 2.71. The van der Waals surface area contributed by atoms with Gasteiger partial charge < -0.3 is 10.5 Å². The topological polar surface area (TPSA) is 78.3 Å². The molecule has 0 amide bonds. The summed E-state index contributed by atoms with van der Waals surface area (Å²) in [6.07, 6.45) is 10.5. The van der Waals surface area contributed by atoms with Gasteiger partial charge in [-0.25, -0.2) is 4.52 Å². The molecule has 0 bridgehead atoms. The van der Waals surface area contributed by atoms with Gasteiger partial charge in [0.1, 0.15) is 5.75 Å². The Labute approximate surface area is 122 Å². The van der Waals surface area contributed by atoms with E-state index in [2.05, 4.69) is 15.1 Å². The maximum atomic E-state index is 6.35. The molecule has 3 rings (SSSR count). The average molecular weight is 283 g/mol. The molecule has 21 heavy (non-hydrogen) atoms. The predicted octanol–water partition coefficient (Wildman–Crippen LogP) is 1.96. The predicted molar refractivity (Wildman–Crippen MR) is 79.0 cm³/mol. The van der Waals surface area contributed by atoms with Crippen LogP contribution in [0.2, 0.25) is 0 Å². The molecule has 0 aliphatic heterocycles. The van der Waals surface area contributed by atoms with Crippen molar-refractivity contribution in [1.82, 2.24) is 19.6 Å². The third-order valence-corrected chi connectivity index (χ3v) is 3.15. The van der Waals surface area contributed by atoms with E-state index >= 15 is 0 Å². The van der Waals surface area contributed by atoms with Crippen molar-refractivity contribution < 1.29 is 4.74 Å². The molecule has 6 heteroatoms. The first-order valence-electron chi connectivity index (χ1n) is 6.79. The highest BCUT2D eigenvalue weighted by Gasteiger charge is 2.15. The quantitative estimate of drug-likeness (QED) is 0.792. The monoisotopic (exact) mass is 283 g/mol. The number of nitrogens with two attached hydrogens (primary N) is 1. The van der Waals surface area contributed by atoms with Gasteiger partial charge in [0.05, 0.1) is 36.3 Å². The Morgan fingerprint density at radius 3 is 2.81 bits per heavy atom. The summed E-state index contributed by atoms with van der Waals surface area (Å²) >= 11 is 0. The summed E-state index contributed by atoms with van der Waals surface area (Å²) < 4.78 is 7.41. The lowest BCUT2D eigenvalue weighted by Gasteiger charge is -2.14. The lowest BCUT2D eigenvalue weighted by atomic mass is 10.0. The second kappa shape index (κ2) is 5.49. The highest BCUT2D eigenvalue weighted by atomic mass is 16.5. The van der Waals surface area contributed by atoms with Crippen LogP contribution in [-0.4, -0.2) is 25.7 Å². The van der Waals surface area contributed by atoms with Crippen molar-refractivity contribution in [3.05, 3.63) is 54.4 Å². The van der Waals surface area contributed by atoms with Crippen LogP contribution in [0, 0.1) is 0 Å². The molecule has 0 saturated heterocycles. The zero-order valence-electron chi connectivity index (χ0n) is 12.0. The first kappa shape index (κ1) is 13.5. The molecular weight excluding hydrogens is 266 g/mol. The average Bonchev–Trinajstić information content (AvgIpc) is 2.90. The van der Waals surface area contributed by atoms with Crippen LogP contribution in [0.1, 0.15) is 31.0 Å². The number of fused-ring (bicyclic) bond motifs is 1. The number of aromatic nitrogens is 4. The molecule has 108 valence electrons. The molecule has 0 spiro atoms. The normalized spacial score (nSPS) is 12.8. The second-order valence-electron chi connectivity index (χ2n) is 5.10. The SMILES string of the molecule is CC(C)Oc1cncc(C(N)c2cnn3ccncc23)c1. The van der Waals surface area contributed by atoms with Crippen LogP contribution >= 0.6 is 0 Å². The number of pyridine rings is 1. The zero-order chi connectivity index (χ0) is 14.8. The van der Waals surface area contributed by atoms with E-state index in [1.54, 1.807) is 41.7 Å². The minimum Gasteiger partial charge on any atom is -0.489 e. The van der Waals surface area contributed by atoms with Crippen LogP contribution in [0.3, 0.4) is 0 Å². The van der Waals surface area contributed by atoms with Crippen LogP contribution < -0.4 is 10.5 Å². The summed E-state index contributed by atoms with van der Waals surface area (Å²) in [6.45, 7) is 3.95. The first-order valence-corrected chi connectivity index (χ1v) is 6.79. The van der Waals surface area contributed by atoms with Crippen molar-refractivity contribution in [1.29, 1.82) is 0 Å². The van der Waals surface area contributed by atoms with E-state index in [-0.39, 0.29) is 12.1 Å². The molecule has 0 aromatic carbocycles. The zero-order valence-corrected chi connectivity index (χ0v) is 12.0. The van der Waals surface area contributed by atoms with E-state index in [0.717, 1.165) is 16.6 Å². The van der Waals surface area contributed by atoms with Crippen molar-refractivity contribution in [2.24, 2.45) is 5.73 Å². The van der Waals surface area contributed by atoms with E-state index in [4.69, 9.17) is 10.5 Å². The van der Waals surface area contributed by atoms with Crippen LogP contribution in [0.4, 0.5) is 0 Å². The van der Waals surface area contributed by atoms with Gasteiger partial charge in [0.15, 0.2) is 0 Å². The third-order valence-electron chi connectivity index (χ3n) is 3.15. The molecule has 1 atom stereocenters. The van der Waals surface area contributed by atoms with E-state index in [9.17, 15) is 0 Å². The maximum absolute atomic E-state index is 6.35. The second-order valence-corrected chi connectivity index (χ2v) is 5.10. The highest BCUT2D eigenvalue weighted by molar-refractivity contribution is 5.55. The molecule has 0 radical (unpaired) electrons. The maximum Gasteiger partial charge on any atom is 0.138 e. The Morgan fingerprint density at radius 2 is 2.00 bits per heavy atom. The van der Waals surface area contributed by atoms with Gasteiger partial charge in [-0.1, -0.05) is 0 Å². The van der Waals surface area contributed by atoms with Gasteiger partial charge in [-0.05, 0) is 25.5 Å². The molecule has 6 nitrogen and oxygen atoms in total. The number of ether oxygens (including phenoxy) is 1. The first-order chi connectivity index (χ1) is 10.1. The van der Waals surface area contributed by atoms with Gasteiger partial charge in [0.25, 0.3) is 0 Å². The Hall–Kier alpha value is -2.47. The van der Waals surface area contributed by atoms with Gasteiger partial charge in [-0.3, -0.25) is 9.97 Å². The molecule has 2 N–H and O–H groups in total. The minimum atomic E-state index is -0.324. The number of hydrogen-bond acceptors (Lipinski definition) is 5. The number of rotatable bonds is 4. The minimum absolute atomic E-state index is 0.0967. The molecule has 3 aromatic heterocycles. The molecule has 3 aromatic rings. The summed E-state index contributed by atoms with van der Waals surface area (Å²) in [7, 11) is 0. The summed E-state index contributed by atoms with van der Waals surface area (Å²) in [5, 5.41) is 4.28. The van der Waals surface area contributed by atoms with Crippen LogP contribution in [-0.2, 0) is 0 Å². The number of hydrogen-bond donors (Lipinski definition) is 1. The smallest absolute Gasteiger partial charge is 0.138 e. The molecule has 3 heterocycles. The summed E-state index contributed by atoms with van der Waals surface area (Å²) in [4.78, 5) is 8.32. The summed E-state index contributed by atoms with van der Waals surface area (Å²) in [6, 6.07) is 1.59. The van der Waals surface area contributed by atoms with Gasteiger partial charge in [-0.2, -0.15) is 5.10 Å². The van der Waals surface area contributed by atoms with Gasteiger partial charge in [0.2, 0.25) is 0 Å². The Bertz CT molecular complexity index is 752.